The molecule has 0 aliphatic carbocycles. The molecule has 1 atom stereocenters. The van der Waals surface area contributed by atoms with Crippen molar-refractivity contribution in [1.82, 2.24) is 5.32 Å². The van der Waals surface area contributed by atoms with Gasteiger partial charge in [-0.2, -0.15) is 0 Å². The van der Waals surface area contributed by atoms with Crippen LogP contribution >= 0.6 is 0 Å². The predicted octanol–water partition coefficient (Wildman–Crippen LogP) is 1.64. The van der Waals surface area contributed by atoms with Crippen molar-refractivity contribution in [2.75, 3.05) is 25.0 Å². The molecule has 90 valence electrons. The highest BCUT2D eigenvalue weighted by Crippen LogP contribution is 2.26. The molecule has 0 saturated carbocycles. The van der Waals surface area contributed by atoms with E-state index in [-0.39, 0.29) is 0 Å². The van der Waals surface area contributed by atoms with Crippen molar-refractivity contribution in [2.45, 2.75) is 18.9 Å². The summed E-state index contributed by atoms with van der Waals surface area (Å²) in [5.74, 6) is 1.85. The van der Waals surface area contributed by atoms with Crippen LogP contribution in [0.2, 0.25) is 0 Å². The first-order valence-electron chi connectivity index (χ1n) is 6.18. The zero-order chi connectivity index (χ0) is 11.5. The topological polar surface area (TPSA) is 45.7 Å². The Morgan fingerprint density at radius 2 is 2.24 bits per heavy atom. The van der Waals surface area contributed by atoms with E-state index in [0.717, 1.165) is 30.4 Å². The number of piperidine rings is 1. The molecule has 1 aromatic carbocycles. The fourth-order valence-electron chi connectivity index (χ4n) is 2.27. The van der Waals surface area contributed by atoms with Crippen LogP contribution in [0.4, 0.5) is 5.69 Å². The molecule has 1 fully saturated rings. The van der Waals surface area contributed by atoms with Gasteiger partial charge in [0.25, 0.3) is 0 Å². The number of benzene rings is 1. The number of hydrogen-bond donors (Lipinski definition) is 2. The molecule has 2 N–H and O–H groups in total. The van der Waals surface area contributed by atoms with Gasteiger partial charge in [0, 0.05) is 6.54 Å². The van der Waals surface area contributed by atoms with Gasteiger partial charge in [0.1, 0.15) is 18.2 Å². The third-order valence-corrected chi connectivity index (χ3v) is 3.14. The average molecular weight is 231 g/mol. The Hall–Kier alpha value is -1.55. The van der Waals surface area contributed by atoms with Crippen LogP contribution in [0, 0.1) is 0 Å². The number of nitrogens with zero attached hydrogens (tertiary/aromatic N) is 1. The van der Waals surface area contributed by atoms with Gasteiger partial charge in [-0.25, -0.2) is 0 Å². The smallest absolute Gasteiger partial charge is 0.146 e. The molecule has 0 spiro atoms. The molecular weight excluding hydrogens is 214 g/mol. The fraction of sp³-hybridized carbons (Fsp3) is 0.462. The predicted molar refractivity (Wildman–Crippen MR) is 68.9 cm³/mol. The van der Waals surface area contributed by atoms with E-state index >= 15 is 0 Å². The summed E-state index contributed by atoms with van der Waals surface area (Å²) in [6, 6.07) is 8.36. The number of amidine groups is 1. The highest BCUT2D eigenvalue weighted by Gasteiger charge is 2.17. The minimum Gasteiger partial charge on any atom is -0.484 e. The second-order valence-corrected chi connectivity index (χ2v) is 4.49. The van der Waals surface area contributed by atoms with Crippen molar-refractivity contribution in [3.8, 4) is 5.75 Å². The van der Waals surface area contributed by atoms with Gasteiger partial charge < -0.3 is 15.4 Å². The third kappa shape index (κ3) is 2.42. The van der Waals surface area contributed by atoms with Crippen molar-refractivity contribution in [1.29, 1.82) is 0 Å². The van der Waals surface area contributed by atoms with Gasteiger partial charge in [-0.3, -0.25) is 4.99 Å². The molecule has 2 aliphatic heterocycles. The lowest BCUT2D eigenvalue weighted by Crippen LogP contribution is -2.35. The fourth-order valence-corrected chi connectivity index (χ4v) is 2.27. The summed E-state index contributed by atoms with van der Waals surface area (Å²) in [5.41, 5.74) is 1.02. The number of ether oxygens (including phenoxy) is 1. The monoisotopic (exact) mass is 231 g/mol. The van der Waals surface area contributed by atoms with Crippen LogP contribution in [-0.2, 0) is 0 Å². The van der Waals surface area contributed by atoms with E-state index < -0.39 is 0 Å². The molecule has 0 radical (unpaired) electrons. The first-order valence-corrected chi connectivity index (χ1v) is 6.18. The molecule has 3 rings (SSSR count). The van der Waals surface area contributed by atoms with Gasteiger partial charge >= 0.3 is 0 Å². The van der Waals surface area contributed by atoms with Crippen LogP contribution < -0.4 is 15.4 Å². The molecule has 2 heterocycles. The van der Waals surface area contributed by atoms with E-state index in [1.807, 2.05) is 24.3 Å². The summed E-state index contributed by atoms with van der Waals surface area (Å²) in [6.07, 6.45) is 2.37. The van der Waals surface area contributed by atoms with E-state index in [9.17, 15) is 0 Å². The number of rotatable bonds is 1. The van der Waals surface area contributed by atoms with Gasteiger partial charge in [0.2, 0.25) is 0 Å². The Bertz CT molecular complexity index is 424. The third-order valence-electron chi connectivity index (χ3n) is 3.14. The van der Waals surface area contributed by atoms with E-state index in [1.165, 1.54) is 12.8 Å². The van der Waals surface area contributed by atoms with E-state index in [4.69, 9.17) is 9.73 Å². The van der Waals surface area contributed by atoms with E-state index in [0.29, 0.717) is 12.6 Å². The maximum Gasteiger partial charge on any atom is 0.146 e. The Kier molecular flexibility index (Phi) is 2.96. The molecule has 0 bridgehead atoms. The van der Waals surface area contributed by atoms with Crippen LogP contribution in [0.3, 0.4) is 0 Å². The van der Waals surface area contributed by atoms with Crippen LogP contribution in [0.25, 0.3) is 0 Å². The zero-order valence-corrected chi connectivity index (χ0v) is 9.78. The number of fused-ring (bicyclic) bond motifs is 1. The molecule has 1 aromatic rings. The first-order chi connectivity index (χ1) is 8.42. The Labute approximate surface area is 101 Å². The molecule has 1 unspecified atom stereocenters. The zero-order valence-electron chi connectivity index (χ0n) is 9.78. The molecule has 17 heavy (non-hydrogen) atoms. The number of nitrogens with one attached hydrogen (secondary N) is 2. The van der Waals surface area contributed by atoms with Gasteiger partial charge in [0.15, 0.2) is 0 Å². The number of para-hydroxylation sites is 2. The molecule has 4 heteroatoms. The van der Waals surface area contributed by atoms with Crippen LogP contribution in [0.15, 0.2) is 29.3 Å². The Balaban J connectivity index is 1.72. The molecular formula is C13H17N3O. The second-order valence-electron chi connectivity index (χ2n) is 4.49. The van der Waals surface area contributed by atoms with E-state index in [1.54, 1.807) is 0 Å². The SMILES string of the molecule is c1ccc2c(c1)NC(=NC1CCCNC1)CO2. The molecule has 0 aromatic heterocycles. The minimum atomic E-state index is 0.389. The maximum atomic E-state index is 5.66. The maximum absolute atomic E-state index is 5.66. The lowest BCUT2D eigenvalue weighted by Gasteiger charge is -2.24. The quantitative estimate of drug-likeness (QED) is 0.772. The van der Waals surface area contributed by atoms with Crippen molar-refractivity contribution in [3.05, 3.63) is 24.3 Å². The summed E-state index contributed by atoms with van der Waals surface area (Å²) in [7, 11) is 0. The van der Waals surface area contributed by atoms with Crippen molar-refractivity contribution >= 4 is 11.5 Å². The summed E-state index contributed by atoms with van der Waals surface area (Å²) in [5, 5.41) is 6.71. The molecule has 0 amide bonds. The van der Waals surface area contributed by atoms with Crippen molar-refractivity contribution < 1.29 is 4.74 Å². The van der Waals surface area contributed by atoms with Crippen LogP contribution in [0.5, 0.6) is 5.75 Å². The van der Waals surface area contributed by atoms with Gasteiger partial charge in [-0.15, -0.1) is 0 Å². The summed E-state index contributed by atoms with van der Waals surface area (Å²) < 4.78 is 5.66. The van der Waals surface area contributed by atoms with Crippen LogP contribution in [-0.4, -0.2) is 31.6 Å². The normalized spacial score (nSPS) is 25.9. The standard InChI is InChI=1S/C13H17N3O/c1-2-6-12-11(5-1)16-13(9-17-12)15-10-4-3-7-14-8-10/h1-2,5-6,10,14H,3-4,7-9H2,(H,15,16). The number of anilines is 1. The highest BCUT2D eigenvalue weighted by atomic mass is 16.5. The minimum absolute atomic E-state index is 0.389. The number of aliphatic imine (C=N–C) groups is 1. The highest BCUT2D eigenvalue weighted by molar-refractivity contribution is 5.99. The molecule has 1 saturated heterocycles. The lowest BCUT2D eigenvalue weighted by atomic mass is 10.1. The second kappa shape index (κ2) is 4.75. The lowest BCUT2D eigenvalue weighted by molar-refractivity contribution is 0.369. The molecule has 2 aliphatic rings. The van der Waals surface area contributed by atoms with Gasteiger partial charge in [-0.1, -0.05) is 12.1 Å². The van der Waals surface area contributed by atoms with Crippen molar-refractivity contribution in [2.24, 2.45) is 4.99 Å². The van der Waals surface area contributed by atoms with Gasteiger partial charge in [0.05, 0.1) is 11.7 Å². The van der Waals surface area contributed by atoms with Gasteiger partial charge in [-0.05, 0) is 31.5 Å². The van der Waals surface area contributed by atoms with E-state index in [2.05, 4.69) is 10.6 Å². The first kappa shape index (κ1) is 10.6. The number of hydrogen-bond acceptors (Lipinski definition) is 3. The Morgan fingerprint density at radius 3 is 3.12 bits per heavy atom. The molecule has 4 nitrogen and oxygen atoms in total. The Morgan fingerprint density at radius 1 is 1.29 bits per heavy atom. The van der Waals surface area contributed by atoms with Crippen LogP contribution in [0.1, 0.15) is 12.8 Å². The largest absolute Gasteiger partial charge is 0.484 e. The summed E-state index contributed by atoms with van der Waals surface area (Å²) >= 11 is 0. The summed E-state index contributed by atoms with van der Waals surface area (Å²) in [4.78, 5) is 4.71. The average Bonchev–Trinajstić information content (AvgIpc) is 2.40. The summed E-state index contributed by atoms with van der Waals surface area (Å²) in [6.45, 7) is 2.65. The van der Waals surface area contributed by atoms with Crippen molar-refractivity contribution in [3.63, 3.8) is 0 Å².